The topological polar surface area (TPSA) is 585 Å². The van der Waals surface area contributed by atoms with E-state index in [1.165, 1.54) is 0 Å². The van der Waals surface area contributed by atoms with E-state index in [0.29, 0.717) is 0 Å². The van der Waals surface area contributed by atoms with Crippen LogP contribution in [0, 0.1) is 0 Å². The highest BCUT2D eigenvalue weighted by atomic mass is 16.8. The van der Waals surface area contributed by atoms with Crippen LogP contribution in [0.2, 0.25) is 0 Å². The molecular formula is C42H72O36. The molecule has 7 rings (SSSR count). The maximum Gasteiger partial charge on any atom is 0.187 e. The summed E-state index contributed by atoms with van der Waals surface area (Å²) < 4.78 is 74.3. The van der Waals surface area contributed by atoms with Crippen LogP contribution in [0.25, 0.3) is 0 Å². The number of ether oxygens (including phenoxy) is 13. The third-order valence-electron chi connectivity index (χ3n) is 14.6. The second-order valence-corrected chi connectivity index (χ2v) is 19.6. The van der Waals surface area contributed by atoms with Gasteiger partial charge in [-0.05, 0) is 0 Å². The molecule has 0 amide bonds. The Morgan fingerprint density at radius 2 is 0.372 bits per heavy atom. The molecule has 0 radical (unpaired) electrons. The molecule has 1 unspecified atom stereocenters. The van der Waals surface area contributed by atoms with Gasteiger partial charge in [-0.25, -0.2) is 0 Å². The third-order valence-corrected chi connectivity index (χ3v) is 14.6. The summed E-state index contributed by atoms with van der Waals surface area (Å²) in [6.45, 7) is -7.18. The molecule has 7 aliphatic rings. The normalized spacial score (nSPS) is 53.5. The molecule has 36 nitrogen and oxygen atoms in total. The fourth-order valence-electron chi connectivity index (χ4n) is 9.88. The average molecular weight is 1150 g/mol. The average Bonchev–Trinajstić information content (AvgIpc) is 3.43. The lowest BCUT2D eigenvalue weighted by molar-refractivity contribution is -0.420. The van der Waals surface area contributed by atoms with Crippen LogP contribution < -0.4 is 0 Å². The van der Waals surface area contributed by atoms with Crippen molar-refractivity contribution in [2.75, 3.05) is 46.2 Å². The van der Waals surface area contributed by atoms with E-state index in [2.05, 4.69) is 0 Å². The van der Waals surface area contributed by atoms with Gasteiger partial charge in [0.05, 0.1) is 46.2 Å². The highest BCUT2D eigenvalue weighted by Gasteiger charge is 2.59. The molecule has 7 heterocycles. The summed E-state index contributed by atoms with van der Waals surface area (Å²) in [5, 5.41) is 246. The smallest absolute Gasteiger partial charge is 0.187 e. The van der Waals surface area contributed by atoms with E-state index in [0.717, 1.165) is 0 Å². The molecule has 7 fully saturated rings. The van der Waals surface area contributed by atoms with Gasteiger partial charge in [-0.2, -0.15) is 0 Å². The van der Waals surface area contributed by atoms with Crippen LogP contribution in [-0.2, 0) is 61.6 Å². The molecule has 36 heteroatoms. The van der Waals surface area contributed by atoms with Crippen LogP contribution in [0.4, 0.5) is 0 Å². The van der Waals surface area contributed by atoms with E-state index < -0.39 is 261 Å². The van der Waals surface area contributed by atoms with Crippen molar-refractivity contribution in [1.29, 1.82) is 0 Å². The van der Waals surface area contributed by atoms with E-state index in [1.807, 2.05) is 0 Å². The van der Waals surface area contributed by atoms with E-state index in [4.69, 9.17) is 61.6 Å². The quantitative estimate of drug-likeness (QED) is 0.0571. The van der Waals surface area contributed by atoms with Crippen LogP contribution >= 0.6 is 0 Å². The molecule has 0 bridgehead atoms. The summed E-state index contributed by atoms with van der Waals surface area (Å²) in [7, 11) is 0. The minimum Gasteiger partial charge on any atom is -0.394 e. The number of aliphatic hydroxyl groups is 23. The van der Waals surface area contributed by atoms with Crippen LogP contribution in [0.3, 0.4) is 0 Å². The zero-order chi connectivity index (χ0) is 57.3. The van der Waals surface area contributed by atoms with Gasteiger partial charge in [0.15, 0.2) is 44.0 Å². The molecule has 35 atom stereocenters. The summed E-state index contributed by atoms with van der Waals surface area (Å²) in [5.41, 5.74) is 0. The summed E-state index contributed by atoms with van der Waals surface area (Å²) in [4.78, 5) is 0. The molecule has 0 spiro atoms. The summed E-state index contributed by atoms with van der Waals surface area (Å²) in [5.74, 6) is 0. The highest BCUT2D eigenvalue weighted by molar-refractivity contribution is 5.01. The van der Waals surface area contributed by atoms with Gasteiger partial charge in [-0.3, -0.25) is 0 Å². The van der Waals surface area contributed by atoms with Gasteiger partial charge >= 0.3 is 0 Å². The van der Waals surface area contributed by atoms with Crippen molar-refractivity contribution in [3.05, 3.63) is 0 Å². The minimum atomic E-state index is -2.34. The van der Waals surface area contributed by atoms with Gasteiger partial charge in [0, 0.05) is 0 Å². The van der Waals surface area contributed by atoms with Gasteiger partial charge in [0.25, 0.3) is 0 Å². The summed E-state index contributed by atoms with van der Waals surface area (Å²) in [6, 6.07) is 0. The first-order chi connectivity index (χ1) is 37.0. The molecule has 456 valence electrons. The van der Waals surface area contributed by atoms with Crippen molar-refractivity contribution in [3.63, 3.8) is 0 Å². The SMILES string of the molecule is OC[C@H]1O[C@@H](O[C@@H]2[C@H](O[C@@H]3[C@H](O[C@@H]4[C@@H](O[C@@H]5[C@@H](O[C@@H]6[C@@H](O[C@@H]7C(O)O[C@H](CO)[C@@H](O)[C@@H]7O)O[C@H](CO)[C@@H](O)[C@@H]6O)O[C@H](CO)[C@@H](O)[C@@H]5O)O[C@H](CO)[C@@H](O)[C@@H]4O)O[C@H](CO)[C@@H](O)[C@@H]3O)O[C@H](CO)[C@@H](O)[C@H]2O)[C@@H](O)[C@@H](O)[C@@H]1O. The van der Waals surface area contributed by atoms with Crippen LogP contribution in [0.5, 0.6) is 0 Å². The van der Waals surface area contributed by atoms with E-state index >= 15 is 0 Å². The van der Waals surface area contributed by atoms with Crippen molar-refractivity contribution in [2.45, 2.75) is 215 Å². The summed E-state index contributed by atoms with van der Waals surface area (Å²) in [6.07, 6.45) is -72.5. The molecule has 23 N–H and O–H groups in total. The van der Waals surface area contributed by atoms with E-state index in [1.54, 1.807) is 0 Å². The highest BCUT2D eigenvalue weighted by Crippen LogP contribution is 2.39. The zero-order valence-electron chi connectivity index (χ0n) is 40.8. The lowest BCUT2D eigenvalue weighted by atomic mass is 9.95. The van der Waals surface area contributed by atoms with Gasteiger partial charge in [0.1, 0.15) is 171 Å². The van der Waals surface area contributed by atoms with Gasteiger partial charge in [0.2, 0.25) is 0 Å². The predicted octanol–water partition coefficient (Wildman–Crippen LogP) is -16.3. The largest absolute Gasteiger partial charge is 0.394 e. The number of hydrogen-bond donors (Lipinski definition) is 23. The monoisotopic (exact) mass is 1150 g/mol. The number of rotatable bonds is 19. The van der Waals surface area contributed by atoms with Crippen molar-refractivity contribution in [3.8, 4) is 0 Å². The number of aliphatic hydroxyl groups excluding tert-OH is 23. The van der Waals surface area contributed by atoms with Gasteiger partial charge < -0.3 is 179 Å². The van der Waals surface area contributed by atoms with Crippen LogP contribution in [0.15, 0.2) is 0 Å². The number of hydrogen-bond acceptors (Lipinski definition) is 36. The molecule has 0 aromatic rings. The standard InChI is InChI=1S/C42H72O36/c43-1-8-16(51)23(58)30(36(65)66-8)73-38-32(25(60)18(53)10(3-45)68-38)75-40-34(27(62)20(55)12(5-47)70-40)77-42-35(28(63)21(56)14(7-49)72-42)78-41-33(26(61)19(54)13(6-48)71-41)76-39-31(24(59)17(52)11(4-46)69-39)74-37-29(64)22(57)15(50)9(2-44)67-37/h8-65H,1-7H2/t8-,9-,10-,11-,12-,13-,14-,15-,16-,17-,18-,19-,20-,21-,22+,23+,24-,25+,26+,27+,28+,29+,30+,31+,32+,33+,34+,35+,36?,37+,38-,39+,40-,41+,42-/m1/s1. The van der Waals surface area contributed by atoms with Gasteiger partial charge in [-0.15, -0.1) is 0 Å². The lowest BCUT2D eigenvalue weighted by Gasteiger charge is -2.51. The molecule has 0 aliphatic carbocycles. The molecule has 7 saturated heterocycles. The first kappa shape index (κ1) is 64.1. The Morgan fingerprint density at radius 1 is 0.192 bits per heavy atom. The second-order valence-electron chi connectivity index (χ2n) is 19.6. The molecule has 7 aliphatic heterocycles. The molecule has 0 aromatic carbocycles. The predicted molar refractivity (Wildman–Crippen MR) is 232 cm³/mol. The minimum absolute atomic E-state index is 0.890. The molecule has 0 saturated carbocycles. The molecular weight excluding hydrogens is 1080 g/mol. The van der Waals surface area contributed by atoms with Crippen LogP contribution in [0.1, 0.15) is 0 Å². The lowest BCUT2D eigenvalue weighted by Crippen LogP contribution is -2.69. The Balaban J connectivity index is 1.20. The maximum absolute atomic E-state index is 11.7. The summed E-state index contributed by atoms with van der Waals surface area (Å²) >= 11 is 0. The fraction of sp³-hybridized carbons (Fsp3) is 1.00. The second kappa shape index (κ2) is 27.5. The third kappa shape index (κ3) is 12.9. The Hall–Kier alpha value is -1.44. The Morgan fingerprint density at radius 3 is 0.615 bits per heavy atom. The van der Waals surface area contributed by atoms with E-state index in [-0.39, 0.29) is 0 Å². The first-order valence-electron chi connectivity index (χ1n) is 24.7. The van der Waals surface area contributed by atoms with Crippen molar-refractivity contribution >= 4 is 0 Å². The molecule has 78 heavy (non-hydrogen) atoms. The van der Waals surface area contributed by atoms with E-state index in [9.17, 15) is 117 Å². The first-order valence-corrected chi connectivity index (χ1v) is 24.7. The van der Waals surface area contributed by atoms with Crippen LogP contribution in [-0.4, -0.2) is 379 Å². The Labute approximate surface area is 439 Å². The van der Waals surface area contributed by atoms with Crippen molar-refractivity contribution < 1.29 is 179 Å². The Bertz CT molecular complexity index is 1820. The molecule has 0 aromatic heterocycles. The maximum atomic E-state index is 11.7. The zero-order valence-corrected chi connectivity index (χ0v) is 40.8. The fourth-order valence-corrected chi connectivity index (χ4v) is 9.88. The van der Waals surface area contributed by atoms with Gasteiger partial charge in [-0.1, -0.05) is 0 Å². The Kier molecular flexibility index (Phi) is 22.6. The van der Waals surface area contributed by atoms with Crippen molar-refractivity contribution in [2.24, 2.45) is 0 Å². The van der Waals surface area contributed by atoms with Crippen molar-refractivity contribution in [1.82, 2.24) is 0 Å².